The highest BCUT2D eigenvalue weighted by Gasteiger charge is 2.09. The summed E-state index contributed by atoms with van der Waals surface area (Å²) in [7, 11) is 0. The Labute approximate surface area is 104 Å². The van der Waals surface area contributed by atoms with Gasteiger partial charge in [-0.1, -0.05) is 0 Å². The van der Waals surface area contributed by atoms with Crippen LogP contribution in [0.5, 0.6) is 0 Å². The molecule has 0 fully saturated rings. The van der Waals surface area contributed by atoms with Gasteiger partial charge in [-0.15, -0.1) is 0 Å². The fraction of sp³-hybridized carbons (Fsp3) is 0.364. The number of aliphatic hydroxyl groups excluding tert-OH is 1. The molecular formula is C11H13ClN4O. The summed E-state index contributed by atoms with van der Waals surface area (Å²) in [5, 5.41) is 13.9. The van der Waals surface area contributed by atoms with Crippen LogP contribution in [0.25, 0.3) is 11.4 Å². The van der Waals surface area contributed by atoms with Crippen LogP contribution in [-0.2, 0) is 6.54 Å². The Bertz CT molecular complexity index is 524. The van der Waals surface area contributed by atoms with Gasteiger partial charge >= 0.3 is 0 Å². The average Bonchev–Trinajstić information content (AvgIpc) is 2.59. The summed E-state index contributed by atoms with van der Waals surface area (Å²) in [6.45, 7) is 4.12. The van der Waals surface area contributed by atoms with Gasteiger partial charge in [0, 0.05) is 11.9 Å². The normalized spacial score (nSPS) is 12.7. The Hall–Kier alpha value is -1.46. The van der Waals surface area contributed by atoms with Crippen molar-refractivity contribution >= 4 is 11.6 Å². The van der Waals surface area contributed by atoms with E-state index in [1.54, 1.807) is 23.9 Å². The molecule has 0 aliphatic rings. The largest absolute Gasteiger partial charge is 0.391 e. The highest BCUT2D eigenvalue weighted by Crippen LogP contribution is 2.17. The van der Waals surface area contributed by atoms with E-state index in [0.29, 0.717) is 12.2 Å². The first-order chi connectivity index (χ1) is 8.06. The minimum absolute atomic E-state index is 0.199. The number of aromatic nitrogens is 4. The predicted octanol–water partition coefficient (Wildman–Crippen LogP) is 1.68. The Morgan fingerprint density at radius 3 is 2.88 bits per heavy atom. The van der Waals surface area contributed by atoms with Crippen LogP contribution in [0.2, 0.25) is 5.28 Å². The zero-order chi connectivity index (χ0) is 12.4. The summed E-state index contributed by atoms with van der Waals surface area (Å²) in [6, 6.07) is 3.65. The SMILES string of the molecule is Cc1cc(-c2ccnc(Cl)n2)nn1CC(C)O. The topological polar surface area (TPSA) is 63.8 Å². The van der Waals surface area contributed by atoms with Gasteiger partial charge in [-0.05, 0) is 37.6 Å². The molecule has 90 valence electrons. The smallest absolute Gasteiger partial charge is 0.222 e. The molecule has 0 bridgehead atoms. The molecule has 2 aromatic heterocycles. The zero-order valence-electron chi connectivity index (χ0n) is 9.63. The molecule has 1 atom stereocenters. The molecular weight excluding hydrogens is 240 g/mol. The van der Waals surface area contributed by atoms with Gasteiger partial charge < -0.3 is 5.11 Å². The quantitative estimate of drug-likeness (QED) is 0.845. The zero-order valence-corrected chi connectivity index (χ0v) is 10.4. The lowest BCUT2D eigenvalue weighted by Gasteiger charge is -2.05. The lowest BCUT2D eigenvalue weighted by atomic mass is 10.3. The van der Waals surface area contributed by atoms with Gasteiger partial charge in [0.1, 0.15) is 5.69 Å². The second kappa shape index (κ2) is 4.81. The first-order valence-electron chi connectivity index (χ1n) is 5.27. The molecule has 6 heteroatoms. The van der Waals surface area contributed by atoms with Gasteiger partial charge in [-0.3, -0.25) is 4.68 Å². The molecule has 2 heterocycles. The molecule has 2 rings (SSSR count). The van der Waals surface area contributed by atoms with Crippen LogP contribution in [-0.4, -0.2) is 31.0 Å². The number of hydrogen-bond donors (Lipinski definition) is 1. The second-order valence-corrected chi connectivity index (χ2v) is 4.25. The minimum atomic E-state index is -0.435. The number of aryl methyl sites for hydroxylation is 1. The maximum atomic E-state index is 9.35. The maximum absolute atomic E-state index is 9.35. The van der Waals surface area contributed by atoms with E-state index in [-0.39, 0.29) is 5.28 Å². The van der Waals surface area contributed by atoms with Crippen molar-refractivity contribution in [1.29, 1.82) is 0 Å². The van der Waals surface area contributed by atoms with E-state index in [0.717, 1.165) is 11.4 Å². The molecule has 17 heavy (non-hydrogen) atoms. The van der Waals surface area contributed by atoms with Gasteiger partial charge in [-0.25, -0.2) is 9.97 Å². The summed E-state index contributed by atoms with van der Waals surface area (Å²) in [5.74, 6) is 0. The molecule has 0 aliphatic heterocycles. The highest BCUT2D eigenvalue weighted by molar-refractivity contribution is 6.28. The fourth-order valence-corrected chi connectivity index (χ4v) is 1.70. The first-order valence-corrected chi connectivity index (χ1v) is 5.65. The third-order valence-corrected chi connectivity index (χ3v) is 2.49. The molecule has 5 nitrogen and oxygen atoms in total. The van der Waals surface area contributed by atoms with Crippen LogP contribution in [0.1, 0.15) is 12.6 Å². The Balaban J connectivity index is 2.34. The monoisotopic (exact) mass is 252 g/mol. The predicted molar refractivity (Wildman–Crippen MR) is 64.7 cm³/mol. The van der Waals surface area contributed by atoms with Crippen LogP contribution >= 0.6 is 11.6 Å². The molecule has 0 amide bonds. The molecule has 0 aromatic carbocycles. The summed E-state index contributed by atoms with van der Waals surface area (Å²) in [6.07, 6.45) is 1.16. The molecule has 1 unspecified atom stereocenters. The van der Waals surface area contributed by atoms with E-state index in [1.165, 1.54) is 0 Å². The van der Waals surface area contributed by atoms with Crippen molar-refractivity contribution < 1.29 is 5.11 Å². The number of rotatable bonds is 3. The van der Waals surface area contributed by atoms with Gasteiger partial charge in [-0.2, -0.15) is 5.10 Å². The van der Waals surface area contributed by atoms with Crippen LogP contribution < -0.4 is 0 Å². The van der Waals surface area contributed by atoms with Crippen molar-refractivity contribution in [1.82, 2.24) is 19.7 Å². The van der Waals surface area contributed by atoms with E-state index in [4.69, 9.17) is 11.6 Å². The molecule has 0 radical (unpaired) electrons. The maximum Gasteiger partial charge on any atom is 0.222 e. The second-order valence-electron chi connectivity index (χ2n) is 3.91. The third kappa shape index (κ3) is 2.81. The number of aliphatic hydroxyl groups is 1. The molecule has 2 aromatic rings. The first kappa shape index (κ1) is 12.0. The lowest BCUT2D eigenvalue weighted by Crippen LogP contribution is -2.14. The molecule has 0 saturated carbocycles. The number of halogens is 1. The van der Waals surface area contributed by atoms with Crippen molar-refractivity contribution in [3.63, 3.8) is 0 Å². The van der Waals surface area contributed by atoms with Crippen molar-refractivity contribution in [3.05, 3.63) is 29.3 Å². The van der Waals surface area contributed by atoms with Crippen LogP contribution in [0.4, 0.5) is 0 Å². The molecule has 0 aliphatic carbocycles. The summed E-state index contributed by atoms with van der Waals surface area (Å²) < 4.78 is 1.75. The molecule has 0 saturated heterocycles. The van der Waals surface area contributed by atoms with Crippen LogP contribution in [0, 0.1) is 6.92 Å². The fourth-order valence-electron chi connectivity index (χ4n) is 1.55. The van der Waals surface area contributed by atoms with E-state index in [9.17, 15) is 5.11 Å². The minimum Gasteiger partial charge on any atom is -0.391 e. The summed E-state index contributed by atoms with van der Waals surface area (Å²) in [4.78, 5) is 7.92. The van der Waals surface area contributed by atoms with Crippen LogP contribution in [0.15, 0.2) is 18.3 Å². The van der Waals surface area contributed by atoms with Crippen molar-refractivity contribution in [2.45, 2.75) is 26.5 Å². The van der Waals surface area contributed by atoms with Crippen molar-refractivity contribution in [3.8, 4) is 11.4 Å². The average molecular weight is 253 g/mol. The number of hydrogen-bond acceptors (Lipinski definition) is 4. The Kier molecular flexibility index (Phi) is 3.40. The van der Waals surface area contributed by atoms with E-state index in [1.807, 2.05) is 13.0 Å². The van der Waals surface area contributed by atoms with Crippen LogP contribution in [0.3, 0.4) is 0 Å². The third-order valence-electron chi connectivity index (χ3n) is 2.31. The Morgan fingerprint density at radius 2 is 2.24 bits per heavy atom. The highest BCUT2D eigenvalue weighted by atomic mass is 35.5. The van der Waals surface area contributed by atoms with E-state index >= 15 is 0 Å². The van der Waals surface area contributed by atoms with Gasteiger partial charge in [0.15, 0.2) is 0 Å². The van der Waals surface area contributed by atoms with Gasteiger partial charge in [0.2, 0.25) is 5.28 Å². The Morgan fingerprint density at radius 1 is 1.47 bits per heavy atom. The summed E-state index contributed by atoms with van der Waals surface area (Å²) >= 11 is 5.73. The van der Waals surface area contributed by atoms with Gasteiger partial charge in [0.05, 0.1) is 18.3 Å². The molecule has 0 spiro atoms. The van der Waals surface area contributed by atoms with E-state index < -0.39 is 6.10 Å². The standard InChI is InChI=1S/C11H13ClN4O/c1-7-5-10(15-16(7)6-8(2)17)9-3-4-13-11(12)14-9/h3-5,8,17H,6H2,1-2H3. The lowest BCUT2D eigenvalue weighted by molar-refractivity contribution is 0.167. The molecule has 1 N–H and O–H groups in total. The van der Waals surface area contributed by atoms with Crippen molar-refractivity contribution in [2.24, 2.45) is 0 Å². The van der Waals surface area contributed by atoms with Crippen molar-refractivity contribution in [2.75, 3.05) is 0 Å². The van der Waals surface area contributed by atoms with Gasteiger partial charge in [0.25, 0.3) is 0 Å². The number of nitrogens with zero attached hydrogens (tertiary/aromatic N) is 4. The summed E-state index contributed by atoms with van der Waals surface area (Å²) in [5.41, 5.74) is 2.38. The van der Waals surface area contributed by atoms with E-state index in [2.05, 4.69) is 15.1 Å².